The van der Waals surface area contributed by atoms with E-state index in [0.29, 0.717) is 6.04 Å². The average Bonchev–Trinajstić information content (AvgIpc) is 1.76. The van der Waals surface area contributed by atoms with Gasteiger partial charge in [0.2, 0.25) is 0 Å². The lowest BCUT2D eigenvalue weighted by molar-refractivity contribution is 0.200. The molecule has 0 heterocycles. The van der Waals surface area contributed by atoms with Crippen molar-refractivity contribution in [1.29, 1.82) is 0 Å². The third kappa shape index (κ3) is 1.48. The topological polar surface area (TPSA) is 24.8 Å². The second-order valence-electron chi connectivity index (χ2n) is 2.87. The molecule has 0 saturated heterocycles. The van der Waals surface area contributed by atoms with E-state index in [9.17, 15) is 0 Å². The second kappa shape index (κ2) is 3.01. The van der Waals surface area contributed by atoms with Gasteiger partial charge in [0.1, 0.15) is 7.11 Å². The molecule has 0 aromatic rings. The molecule has 0 unspecified atom stereocenters. The van der Waals surface area contributed by atoms with Crippen molar-refractivity contribution in [3.63, 3.8) is 0 Å². The van der Waals surface area contributed by atoms with Crippen LogP contribution < -0.4 is 0 Å². The summed E-state index contributed by atoms with van der Waals surface area (Å²) in [6, 6.07) is 0.689. The van der Waals surface area contributed by atoms with Crippen molar-refractivity contribution in [3.8, 4) is 0 Å². The van der Waals surface area contributed by atoms with Crippen molar-refractivity contribution in [2.75, 3.05) is 21.2 Å². The van der Waals surface area contributed by atoms with Crippen LogP contribution in [0.5, 0.6) is 0 Å². The molecule has 0 radical (unpaired) electrons. The Hall–Kier alpha value is -0.570. The van der Waals surface area contributed by atoms with Crippen LogP contribution in [0.25, 0.3) is 0 Å². The molecule has 0 aliphatic heterocycles. The Morgan fingerprint density at radius 2 is 2.10 bits per heavy atom. The number of hydrogen-bond donors (Lipinski definition) is 0. The molecule has 0 atom stereocenters. The molecule has 58 valence electrons. The van der Waals surface area contributed by atoms with E-state index in [2.05, 4.69) is 29.0 Å². The second-order valence-corrected chi connectivity index (χ2v) is 2.87. The third-order valence-corrected chi connectivity index (χ3v) is 1.89. The molecule has 0 aromatic heterocycles. The first-order valence-electron chi connectivity index (χ1n) is 3.49. The van der Waals surface area contributed by atoms with Gasteiger partial charge in [-0.25, -0.2) is 0 Å². The molecule has 0 aromatic carbocycles. The minimum absolute atomic E-state index is 0.689. The third-order valence-electron chi connectivity index (χ3n) is 1.89. The first kappa shape index (κ1) is 7.54. The van der Waals surface area contributed by atoms with E-state index in [1.807, 2.05) is 0 Å². The van der Waals surface area contributed by atoms with Gasteiger partial charge in [-0.3, -0.25) is 0 Å². The summed E-state index contributed by atoms with van der Waals surface area (Å²) < 4.78 is 0. The van der Waals surface area contributed by atoms with Gasteiger partial charge in [0, 0.05) is 18.9 Å². The summed E-state index contributed by atoms with van der Waals surface area (Å²) >= 11 is 0. The van der Waals surface area contributed by atoms with E-state index in [1.165, 1.54) is 5.71 Å². The van der Waals surface area contributed by atoms with Crippen molar-refractivity contribution in [3.05, 3.63) is 0 Å². The highest BCUT2D eigenvalue weighted by molar-refractivity contribution is 5.90. The van der Waals surface area contributed by atoms with Crippen molar-refractivity contribution in [2.45, 2.75) is 18.9 Å². The summed E-state index contributed by atoms with van der Waals surface area (Å²) in [5.74, 6) is 0. The maximum atomic E-state index is 4.64. The molecule has 1 rings (SSSR count). The Morgan fingerprint density at radius 1 is 1.50 bits per heavy atom. The first-order valence-corrected chi connectivity index (χ1v) is 3.49. The maximum absolute atomic E-state index is 4.64. The molecular weight excluding hydrogens is 128 g/mol. The van der Waals surface area contributed by atoms with Crippen LogP contribution in [0, 0.1) is 0 Å². The lowest BCUT2D eigenvalue weighted by atomic mass is 9.90. The van der Waals surface area contributed by atoms with Gasteiger partial charge in [0.05, 0.1) is 5.71 Å². The average molecular weight is 142 g/mol. The van der Waals surface area contributed by atoms with Gasteiger partial charge in [-0.05, 0) is 14.1 Å². The van der Waals surface area contributed by atoms with Gasteiger partial charge in [-0.1, -0.05) is 5.16 Å². The van der Waals surface area contributed by atoms with Crippen molar-refractivity contribution >= 4 is 5.71 Å². The molecular formula is C7H14N2O. The fourth-order valence-electron chi connectivity index (χ4n) is 1.05. The van der Waals surface area contributed by atoms with E-state index in [4.69, 9.17) is 0 Å². The fraction of sp³-hybridized carbons (Fsp3) is 0.857. The Morgan fingerprint density at radius 3 is 2.50 bits per heavy atom. The van der Waals surface area contributed by atoms with E-state index < -0.39 is 0 Å². The zero-order valence-electron chi connectivity index (χ0n) is 6.79. The van der Waals surface area contributed by atoms with Crippen LogP contribution in [0.3, 0.4) is 0 Å². The first-order chi connectivity index (χ1) is 4.74. The van der Waals surface area contributed by atoms with Crippen LogP contribution in [0.2, 0.25) is 0 Å². The fourth-order valence-corrected chi connectivity index (χ4v) is 1.05. The molecule has 0 bridgehead atoms. The summed E-state index contributed by atoms with van der Waals surface area (Å²) in [7, 11) is 5.78. The quantitative estimate of drug-likeness (QED) is 0.530. The van der Waals surface area contributed by atoms with Crippen LogP contribution in [-0.2, 0) is 4.84 Å². The highest BCUT2D eigenvalue weighted by Crippen LogP contribution is 2.20. The van der Waals surface area contributed by atoms with Gasteiger partial charge in [-0.2, -0.15) is 0 Å². The molecule has 1 saturated carbocycles. The molecule has 3 nitrogen and oxygen atoms in total. The number of oxime groups is 1. The highest BCUT2D eigenvalue weighted by atomic mass is 16.6. The standard InChI is InChI=1S/C7H14N2O/c1-9(2)7-4-6(5-7)8-10-3/h7H,4-5H2,1-3H3. The molecule has 3 heteroatoms. The van der Waals surface area contributed by atoms with Gasteiger partial charge in [0.25, 0.3) is 0 Å². The molecule has 1 aliphatic rings. The van der Waals surface area contributed by atoms with Gasteiger partial charge in [-0.15, -0.1) is 0 Å². The van der Waals surface area contributed by atoms with Crippen LogP contribution in [0.15, 0.2) is 5.16 Å². The van der Waals surface area contributed by atoms with Gasteiger partial charge in [0.15, 0.2) is 0 Å². The summed E-state index contributed by atoms with van der Waals surface area (Å²) in [6.45, 7) is 0. The maximum Gasteiger partial charge on any atom is 0.106 e. The monoisotopic (exact) mass is 142 g/mol. The van der Waals surface area contributed by atoms with E-state index in [-0.39, 0.29) is 0 Å². The highest BCUT2D eigenvalue weighted by Gasteiger charge is 2.26. The Bertz CT molecular complexity index is 135. The Kier molecular flexibility index (Phi) is 2.27. The van der Waals surface area contributed by atoms with Crippen molar-refractivity contribution in [2.24, 2.45) is 5.16 Å². The van der Waals surface area contributed by atoms with Crippen molar-refractivity contribution < 1.29 is 4.84 Å². The van der Waals surface area contributed by atoms with E-state index in [0.717, 1.165) is 12.8 Å². The molecule has 0 N–H and O–H groups in total. The van der Waals surface area contributed by atoms with Crippen LogP contribution in [0.1, 0.15) is 12.8 Å². The number of nitrogens with zero attached hydrogens (tertiary/aromatic N) is 2. The number of rotatable bonds is 2. The Labute approximate surface area is 61.6 Å². The molecule has 0 spiro atoms. The summed E-state index contributed by atoms with van der Waals surface area (Å²) in [5.41, 5.74) is 1.18. The minimum Gasteiger partial charge on any atom is -0.399 e. The van der Waals surface area contributed by atoms with Crippen LogP contribution >= 0.6 is 0 Å². The van der Waals surface area contributed by atoms with Gasteiger partial charge < -0.3 is 9.74 Å². The van der Waals surface area contributed by atoms with E-state index >= 15 is 0 Å². The molecule has 1 aliphatic carbocycles. The van der Waals surface area contributed by atoms with Gasteiger partial charge >= 0.3 is 0 Å². The normalized spacial score (nSPS) is 24.4. The van der Waals surface area contributed by atoms with Crippen molar-refractivity contribution in [1.82, 2.24) is 4.90 Å². The minimum atomic E-state index is 0.689. The summed E-state index contributed by atoms with van der Waals surface area (Å²) in [6.07, 6.45) is 2.14. The largest absolute Gasteiger partial charge is 0.399 e. The summed E-state index contributed by atoms with van der Waals surface area (Å²) in [5, 5.41) is 3.85. The van der Waals surface area contributed by atoms with Crippen LogP contribution in [-0.4, -0.2) is 37.9 Å². The molecule has 0 amide bonds. The van der Waals surface area contributed by atoms with E-state index in [1.54, 1.807) is 7.11 Å². The Balaban J connectivity index is 2.24. The zero-order chi connectivity index (χ0) is 7.56. The SMILES string of the molecule is CON=C1CC(N(C)C)C1. The smallest absolute Gasteiger partial charge is 0.106 e. The predicted octanol–water partition coefficient (Wildman–Crippen LogP) is 0.713. The predicted molar refractivity (Wildman–Crippen MR) is 41.2 cm³/mol. The lowest BCUT2D eigenvalue weighted by Gasteiger charge is -2.32. The lowest BCUT2D eigenvalue weighted by Crippen LogP contribution is -2.40. The van der Waals surface area contributed by atoms with Crippen LogP contribution in [0.4, 0.5) is 0 Å². The zero-order valence-corrected chi connectivity index (χ0v) is 6.79. The molecule has 1 fully saturated rings. The molecule has 10 heavy (non-hydrogen) atoms. The summed E-state index contributed by atoms with van der Waals surface area (Å²) in [4.78, 5) is 6.86. The number of hydrogen-bond acceptors (Lipinski definition) is 3.